The number of aromatic nitrogens is 2. The molecule has 2 aromatic carbocycles. The number of hydrogen-bond donors (Lipinski definition) is 1. The van der Waals surface area contributed by atoms with Crippen molar-refractivity contribution in [2.24, 2.45) is 0 Å². The van der Waals surface area contributed by atoms with Crippen LogP contribution >= 0.6 is 0 Å². The first-order valence-corrected chi connectivity index (χ1v) is 10.9. The van der Waals surface area contributed by atoms with E-state index in [1.54, 1.807) is 44.6 Å². The molecule has 1 saturated heterocycles. The predicted molar refractivity (Wildman–Crippen MR) is 124 cm³/mol. The van der Waals surface area contributed by atoms with Gasteiger partial charge in [-0.2, -0.15) is 0 Å². The molecule has 33 heavy (non-hydrogen) atoms. The van der Waals surface area contributed by atoms with Crippen LogP contribution in [0.25, 0.3) is 10.9 Å². The van der Waals surface area contributed by atoms with Crippen molar-refractivity contribution in [1.29, 1.82) is 0 Å². The second kappa shape index (κ2) is 10.9. The fourth-order valence-electron chi connectivity index (χ4n) is 3.68. The number of ether oxygens (including phenoxy) is 4. The van der Waals surface area contributed by atoms with Crippen molar-refractivity contribution in [3.05, 3.63) is 48.3 Å². The van der Waals surface area contributed by atoms with Gasteiger partial charge in [0.05, 0.1) is 39.6 Å². The fraction of sp³-hybridized carbons (Fsp3) is 0.375. The summed E-state index contributed by atoms with van der Waals surface area (Å²) in [4.78, 5) is 23.7. The van der Waals surface area contributed by atoms with E-state index < -0.39 is 0 Å². The Bertz CT molecular complexity index is 1100. The Labute approximate surface area is 192 Å². The monoisotopic (exact) mass is 452 g/mol. The van der Waals surface area contributed by atoms with Gasteiger partial charge >= 0.3 is 0 Å². The van der Waals surface area contributed by atoms with E-state index in [1.807, 2.05) is 6.07 Å². The molecule has 2 heterocycles. The molecule has 0 saturated carbocycles. The van der Waals surface area contributed by atoms with Gasteiger partial charge in [-0.05, 0) is 30.7 Å². The molecule has 0 atom stereocenters. The molecule has 0 unspecified atom stereocenters. The van der Waals surface area contributed by atoms with Crippen molar-refractivity contribution in [3.63, 3.8) is 0 Å². The topological polar surface area (TPSA) is 95.0 Å². The van der Waals surface area contributed by atoms with Crippen molar-refractivity contribution in [2.75, 3.05) is 59.0 Å². The van der Waals surface area contributed by atoms with E-state index in [9.17, 15) is 4.79 Å². The van der Waals surface area contributed by atoms with E-state index in [2.05, 4.69) is 20.2 Å². The molecule has 1 N–H and O–H groups in total. The first kappa shape index (κ1) is 22.8. The van der Waals surface area contributed by atoms with E-state index in [0.29, 0.717) is 46.1 Å². The zero-order valence-electron chi connectivity index (χ0n) is 18.9. The molecular formula is C24H28N4O5. The molecule has 1 amide bonds. The third-order valence-corrected chi connectivity index (χ3v) is 5.46. The maximum Gasteiger partial charge on any atom is 0.256 e. The van der Waals surface area contributed by atoms with Crippen LogP contribution in [0, 0.1) is 0 Å². The molecule has 1 aromatic heterocycles. The molecule has 0 aliphatic carbocycles. The predicted octanol–water partition coefficient (Wildman–Crippen LogP) is 3.00. The maximum absolute atomic E-state index is 12.8. The first-order valence-electron chi connectivity index (χ1n) is 10.9. The minimum atomic E-state index is -0.295. The number of morpholine rings is 1. The Kier molecular flexibility index (Phi) is 7.54. The minimum absolute atomic E-state index is 0.295. The molecule has 1 fully saturated rings. The van der Waals surface area contributed by atoms with E-state index in [0.717, 1.165) is 39.3 Å². The van der Waals surface area contributed by atoms with Crippen molar-refractivity contribution in [2.45, 2.75) is 6.42 Å². The van der Waals surface area contributed by atoms with Crippen LogP contribution < -0.4 is 19.5 Å². The number of fused-ring (bicyclic) bond motifs is 1. The molecule has 9 heteroatoms. The summed E-state index contributed by atoms with van der Waals surface area (Å²) in [6.45, 7) is 5.01. The molecule has 4 rings (SSSR count). The van der Waals surface area contributed by atoms with Gasteiger partial charge in [0, 0.05) is 36.7 Å². The van der Waals surface area contributed by atoms with Crippen LogP contribution in [-0.2, 0) is 4.74 Å². The summed E-state index contributed by atoms with van der Waals surface area (Å²) in [5, 5.41) is 3.51. The third kappa shape index (κ3) is 5.68. The number of anilines is 1. The van der Waals surface area contributed by atoms with Gasteiger partial charge in [-0.25, -0.2) is 9.97 Å². The summed E-state index contributed by atoms with van der Waals surface area (Å²) < 4.78 is 22.1. The highest BCUT2D eigenvalue weighted by molar-refractivity contribution is 6.08. The van der Waals surface area contributed by atoms with Gasteiger partial charge in [0.2, 0.25) is 0 Å². The van der Waals surface area contributed by atoms with Crippen molar-refractivity contribution < 1.29 is 23.7 Å². The Morgan fingerprint density at radius 3 is 2.73 bits per heavy atom. The molecule has 3 aromatic rings. The van der Waals surface area contributed by atoms with Crippen LogP contribution in [0.2, 0.25) is 0 Å². The van der Waals surface area contributed by atoms with E-state index >= 15 is 0 Å². The molecule has 9 nitrogen and oxygen atoms in total. The number of rotatable bonds is 9. The number of methoxy groups -OCH3 is 2. The lowest BCUT2D eigenvalue weighted by molar-refractivity contribution is 0.0357. The standard InChI is InChI=1S/C24H28N4O5/c1-30-18-6-3-5-17(13-18)24(29)27-23-19-14-21(31-2)22(15-20(19)25-16-26-23)33-10-4-7-28-8-11-32-12-9-28/h3,5-6,13-16H,4,7-12H2,1-2H3,(H,25,26,27,29). The van der Waals surface area contributed by atoms with Gasteiger partial charge in [-0.3, -0.25) is 9.69 Å². The zero-order chi connectivity index (χ0) is 23.0. The van der Waals surface area contributed by atoms with Crippen LogP contribution in [-0.4, -0.2) is 74.4 Å². The summed E-state index contributed by atoms with van der Waals surface area (Å²) in [5.74, 6) is 1.87. The largest absolute Gasteiger partial charge is 0.497 e. The lowest BCUT2D eigenvalue weighted by Gasteiger charge is -2.26. The number of nitrogens with one attached hydrogen (secondary N) is 1. The Hall–Kier alpha value is -3.43. The second-order valence-electron chi connectivity index (χ2n) is 7.58. The highest BCUT2D eigenvalue weighted by Gasteiger charge is 2.15. The lowest BCUT2D eigenvalue weighted by Crippen LogP contribution is -2.37. The quantitative estimate of drug-likeness (QED) is 0.495. The molecular weight excluding hydrogens is 424 g/mol. The van der Waals surface area contributed by atoms with Gasteiger partial charge < -0.3 is 24.3 Å². The fourth-order valence-corrected chi connectivity index (χ4v) is 3.68. The Morgan fingerprint density at radius 2 is 1.94 bits per heavy atom. The van der Waals surface area contributed by atoms with E-state index in [1.165, 1.54) is 6.33 Å². The van der Waals surface area contributed by atoms with Crippen LogP contribution in [0.3, 0.4) is 0 Å². The first-order chi connectivity index (χ1) is 16.2. The van der Waals surface area contributed by atoms with E-state index in [-0.39, 0.29) is 5.91 Å². The van der Waals surface area contributed by atoms with Crippen LogP contribution in [0.4, 0.5) is 5.82 Å². The lowest BCUT2D eigenvalue weighted by atomic mass is 10.1. The van der Waals surface area contributed by atoms with E-state index in [4.69, 9.17) is 18.9 Å². The molecule has 0 radical (unpaired) electrons. The summed E-state index contributed by atoms with van der Waals surface area (Å²) in [6.07, 6.45) is 2.31. The van der Waals surface area contributed by atoms with Crippen molar-refractivity contribution in [1.82, 2.24) is 14.9 Å². The smallest absolute Gasteiger partial charge is 0.256 e. The van der Waals surface area contributed by atoms with Gasteiger partial charge in [0.15, 0.2) is 11.5 Å². The van der Waals surface area contributed by atoms with Gasteiger partial charge in [0.1, 0.15) is 17.9 Å². The van der Waals surface area contributed by atoms with Gasteiger partial charge in [-0.15, -0.1) is 0 Å². The van der Waals surface area contributed by atoms with Crippen LogP contribution in [0.5, 0.6) is 17.2 Å². The SMILES string of the molecule is COc1cccc(C(=O)Nc2ncnc3cc(OCCCN4CCOCC4)c(OC)cc23)c1. The highest BCUT2D eigenvalue weighted by Crippen LogP contribution is 2.34. The summed E-state index contributed by atoms with van der Waals surface area (Å²) in [5.41, 5.74) is 1.11. The third-order valence-electron chi connectivity index (χ3n) is 5.46. The van der Waals surface area contributed by atoms with Crippen LogP contribution in [0.15, 0.2) is 42.7 Å². The molecule has 0 spiro atoms. The minimum Gasteiger partial charge on any atom is -0.497 e. The average molecular weight is 453 g/mol. The number of carbonyl (C=O) groups is 1. The van der Waals surface area contributed by atoms with Crippen molar-refractivity contribution >= 4 is 22.6 Å². The second-order valence-corrected chi connectivity index (χ2v) is 7.58. The van der Waals surface area contributed by atoms with Crippen LogP contribution in [0.1, 0.15) is 16.8 Å². The van der Waals surface area contributed by atoms with Gasteiger partial charge in [-0.1, -0.05) is 6.07 Å². The molecule has 0 bridgehead atoms. The summed E-state index contributed by atoms with van der Waals surface area (Å²) in [7, 11) is 3.14. The van der Waals surface area contributed by atoms with Crippen molar-refractivity contribution in [3.8, 4) is 17.2 Å². The maximum atomic E-state index is 12.8. The number of carbonyl (C=O) groups excluding carboxylic acids is 1. The normalized spacial score (nSPS) is 14.1. The summed E-state index contributed by atoms with van der Waals surface area (Å²) in [6, 6.07) is 10.5. The number of benzene rings is 2. The molecule has 1 aliphatic rings. The Balaban J connectivity index is 1.47. The average Bonchev–Trinajstić information content (AvgIpc) is 2.87. The molecule has 1 aliphatic heterocycles. The number of nitrogens with zero attached hydrogens (tertiary/aromatic N) is 3. The zero-order valence-corrected chi connectivity index (χ0v) is 18.9. The number of amides is 1. The number of hydrogen-bond acceptors (Lipinski definition) is 8. The van der Waals surface area contributed by atoms with Gasteiger partial charge in [0.25, 0.3) is 5.91 Å². The molecule has 174 valence electrons. The Morgan fingerprint density at radius 1 is 1.09 bits per heavy atom. The highest BCUT2D eigenvalue weighted by atomic mass is 16.5. The summed E-state index contributed by atoms with van der Waals surface area (Å²) >= 11 is 0.